The number of nitrogens with zero attached hydrogens (tertiary/aromatic N) is 1. The highest BCUT2D eigenvalue weighted by Gasteiger charge is 2.29. The number of rotatable bonds is 3. The Balaban J connectivity index is 2.48. The zero-order valence-corrected chi connectivity index (χ0v) is 9.21. The Morgan fingerprint density at radius 2 is 2.15 bits per heavy atom. The first-order valence-electron chi connectivity index (χ1n) is 5.49. The van der Waals surface area contributed by atoms with Gasteiger partial charge in [-0.25, -0.2) is 0 Å². The van der Waals surface area contributed by atoms with Crippen LogP contribution in [0, 0.1) is 0 Å². The van der Waals surface area contributed by atoms with Crippen molar-refractivity contribution in [2.24, 2.45) is 0 Å². The first-order valence-corrected chi connectivity index (χ1v) is 5.49. The third-order valence-corrected chi connectivity index (χ3v) is 3.11. The summed E-state index contributed by atoms with van der Waals surface area (Å²) in [6.45, 7) is 8.82. The summed E-state index contributed by atoms with van der Waals surface area (Å²) in [4.78, 5) is 2.44. The van der Waals surface area contributed by atoms with Crippen LogP contribution in [-0.4, -0.2) is 34.7 Å². The predicted octanol–water partition coefficient (Wildman–Crippen LogP) is 2.02. The molecule has 0 saturated carbocycles. The molecular weight excluding hydrogens is 162 g/mol. The summed E-state index contributed by atoms with van der Waals surface area (Å²) in [6, 6.07) is 0. The maximum Gasteiger partial charge on any atom is 0.0667 e. The van der Waals surface area contributed by atoms with Crippen LogP contribution in [0.5, 0.6) is 0 Å². The lowest BCUT2D eigenvalue weighted by molar-refractivity contribution is 0.0114. The number of likely N-dealkylation sites (tertiary alicyclic amines) is 1. The van der Waals surface area contributed by atoms with E-state index < -0.39 is 0 Å². The Kier molecular flexibility index (Phi) is 3.74. The first kappa shape index (κ1) is 11.0. The molecule has 2 heteroatoms. The lowest BCUT2D eigenvalue weighted by Gasteiger charge is -2.42. The molecule has 0 bridgehead atoms. The van der Waals surface area contributed by atoms with Gasteiger partial charge in [-0.05, 0) is 39.7 Å². The van der Waals surface area contributed by atoms with E-state index in [-0.39, 0.29) is 11.6 Å². The molecule has 13 heavy (non-hydrogen) atoms. The van der Waals surface area contributed by atoms with Crippen molar-refractivity contribution in [2.45, 2.75) is 58.1 Å². The Labute approximate surface area is 81.9 Å². The summed E-state index contributed by atoms with van der Waals surface area (Å²) in [6.07, 6.45) is 4.48. The molecule has 1 atom stereocenters. The Bertz CT molecular complexity index is 156. The standard InChI is InChI=1S/C11H23NO/c1-4-7-11(2,3)12-8-5-6-10(13)9-12/h10,13H,4-9H2,1-3H3/t10-/m0/s1. The van der Waals surface area contributed by atoms with Crippen LogP contribution in [0.2, 0.25) is 0 Å². The first-order chi connectivity index (χ1) is 6.06. The Morgan fingerprint density at radius 3 is 2.69 bits per heavy atom. The van der Waals surface area contributed by atoms with Crippen molar-refractivity contribution in [3.63, 3.8) is 0 Å². The maximum atomic E-state index is 9.57. The molecule has 1 rings (SSSR count). The van der Waals surface area contributed by atoms with Crippen LogP contribution in [0.15, 0.2) is 0 Å². The summed E-state index contributed by atoms with van der Waals surface area (Å²) in [5, 5.41) is 9.57. The Hall–Kier alpha value is -0.0800. The second-order valence-electron chi connectivity index (χ2n) is 4.80. The summed E-state index contributed by atoms with van der Waals surface area (Å²) in [5.74, 6) is 0. The van der Waals surface area contributed by atoms with Crippen LogP contribution in [0.1, 0.15) is 46.5 Å². The van der Waals surface area contributed by atoms with Gasteiger partial charge >= 0.3 is 0 Å². The fourth-order valence-electron chi connectivity index (χ4n) is 2.27. The maximum absolute atomic E-state index is 9.57. The number of hydrogen-bond acceptors (Lipinski definition) is 2. The van der Waals surface area contributed by atoms with Crippen molar-refractivity contribution >= 4 is 0 Å². The molecule has 0 aromatic heterocycles. The van der Waals surface area contributed by atoms with E-state index in [9.17, 15) is 5.11 Å². The van der Waals surface area contributed by atoms with Gasteiger partial charge in [0.1, 0.15) is 0 Å². The summed E-state index contributed by atoms with van der Waals surface area (Å²) >= 11 is 0. The molecule has 0 unspecified atom stereocenters. The van der Waals surface area contributed by atoms with Gasteiger partial charge < -0.3 is 5.11 Å². The van der Waals surface area contributed by atoms with Crippen molar-refractivity contribution in [3.8, 4) is 0 Å². The molecule has 0 amide bonds. The molecule has 2 nitrogen and oxygen atoms in total. The highest BCUT2D eigenvalue weighted by atomic mass is 16.3. The van der Waals surface area contributed by atoms with E-state index in [1.165, 1.54) is 12.8 Å². The van der Waals surface area contributed by atoms with Gasteiger partial charge in [0.05, 0.1) is 6.10 Å². The normalized spacial score (nSPS) is 26.3. The van der Waals surface area contributed by atoms with Gasteiger partial charge in [0, 0.05) is 12.1 Å². The minimum absolute atomic E-state index is 0.0927. The van der Waals surface area contributed by atoms with Crippen molar-refractivity contribution < 1.29 is 5.11 Å². The fourth-order valence-corrected chi connectivity index (χ4v) is 2.27. The van der Waals surface area contributed by atoms with E-state index in [0.717, 1.165) is 25.9 Å². The van der Waals surface area contributed by atoms with Gasteiger partial charge in [0.2, 0.25) is 0 Å². The van der Waals surface area contributed by atoms with E-state index in [1.807, 2.05) is 0 Å². The average molecular weight is 185 g/mol. The van der Waals surface area contributed by atoms with Crippen molar-refractivity contribution in [2.75, 3.05) is 13.1 Å². The molecule has 0 radical (unpaired) electrons. The minimum Gasteiger partial charge on any atom is -0.392 e. The molecule has 0 aromatic rings. The zero-order valence-electron chi connectivity index (χ0n) is 9.21. The SMILES string of the molecule is CCCC(C)(C)N1CCC[C@H](O)C1. The molecular formula is C11H23NO. The molecule has 1 fully saturated rings. The van der Waals surface area contributed by atoms with Gasteiger partial charge in [0.25, 0.3) is 0 Å². The third kappa shape index (κ3) is 2.96. The van der Waals surface area contributed by atoms with Crippen molar-refractivity contribution in [1.29, 1.82) is 0 Å². The largest absolute Gasteiger partial charge is 0.392 e. The number of β-amino-alcohol motifs (C(OH)–C–C–N with tert-alkyl or cyclic N) is 1. The highest BCUT2D eigenvalue weighted by molar-refractivity contribution is 4.85. The lowest BCUT2D eigenvalue weighted by atomic mass is 9.93. The van der Waals surface area contributed by atoms with E-state index in [2.05, 4.69) is 25.7 Å². The molecule has 78 valence electrons. The van der Waals surface area contributed by atoms with Crippen molar-refractivity contribution in [1.82, 2.24) is 4.90 Å². The number of aliphatic hydroxyl groups excluding tert-OH is 1. The molecule has 0 spiro atoms. The number of hydrogen-bond donors (Lipinski definition) is 1. The van der Waals surface area contributed by atoms with Crippen LogP contribution in [0.3, 0.4) is 0 Å². The highest BCUT2D eigenvalue weighted by Crippen LogP contribution is 2.24. The number of aliphatic hydroxyl groups is 1. The minimum atomic E-state index is -0.0927. The summed E-state index contributed by atoms with van der Waals surface area (Å²) in [7, 11) is 0. The van der Waals surface area contributed by atoms with Crippen LogP contribution in [0.25, 0.3) is 0 Å². The van der Waals surface area contributed by atoms with Crippen LogP contribution in [-0.2, 0) is 0 Å². The van der Waals surface area contributed by atoms with E-state index >= 15 is 0 Å². The van der Waals surface area contributed by atoms with Gasteiger partial charge in [0.15, 0.2) is 0 Å². The summed E-state index contributed by atoms with van der Waals surface area (Å²) < 4.78 is 0. The van der Waals surface area contributed by atoms with Gasteiger partial charge in [-0.1, -0.05) is 13.3 Å². The lowest BCUT2D eigenvalue weighted by Crippen LogP contribution is -2.50. The Morgan fingerprint density at radius 1 is 1.46 bits per heavy atom. The van der Waals surface area contributed by atoms with E-state index in [1.54, 1.807) is 0 Å². The van der Waals surface area contributed by atoms with Crippen LogP contribution in [0.4, 0.5) is 0 Å². The molecule has 0 aromatic carbocycles. The fraction of sp³-hybridized carbons (Fsp3) is 1.00. The molecule has 1 aliphatic rings. The molecule has 1 saturated heterocycles. The second kappa shape index (κ2) is 4.43. The number of piperidine rings is 1. The van der Waals surface area contributed by atoms with Crippen LogP contribution >= 0.6 is 0 Å². The van der Waals surface area contributed by atoms with E-state index in [0.29, 0.717) is 0 Å². The third-order valence-electron chi connectivity index (χ3n) is 3.11. The zero-order chi connectivity index (χ0) is 9.90. The average Bonchev–Trinajstić information content (AvgIpc) is 2.04. The second-order valence-corrected chi connectivity index (χ2v) is 4.80. The quantitative estimate of drug-likeness (QED) is 0.727. The van der Waals surface area contributed by atoms with Crippen LogP contribution < -0.4 is 0 Å². The molecule has 1 heterocycles. The van der Waals surface area contributed by atoms with E-state index in [4.69, 9.17) is 0 Å². The van der Waals surface area contributed by atoms with Gasteiger partial charge in [-0.3, -0.25) is 4.90 Å². The summed E-state index contributed by atoms with van der Waals surface area (Å²) in [5.41, 5.74) is 0.274. The predicted molar refractivity (Wildman–Crippen MR) is 55.8 cm³/mol. The topological polar surface area (TPSA) is 23.5 Å². The molecule has 1 N–H and O–H groups in total. The molecule has 0 aliphatic carbocycles. The van der Waals surface area contributed by atoms with Gasteiger partial charge in [-0.2, -0.15) is 0 Å². The monoisotopic (exact) mass is 185 g/mol. The smallest absolute Gasteiger partial charge is 0.0667 e. The van der Waals surface area contributed by atoms with Crippen molar-refractivity contribution in [3.05, 3.63) is 0 Å². The van der Waals surface area contributed by atoms with Gasteiger partial charge in [-0.15, -0.1) is 0 Å². The molecule has 1 aliphatic heterocycles.